The molecule has 2 atom stereocenters. The van der Waals surface area contributed by atoms with E-state index in [1.807, 2.05) is 0 Å². The minimum absolute atomic E-state index is 0.438. The van der Waals surface area contributed by atoms with Gasteiger partial charge in [-0.2, -0.15) is 0 Å². The van der Waals surface area contributed by atoms with Crippen molar-refractivity contribution in [3.8, 4) is 0 Å². The van der Waals surface area contributed by atoms with E-state index in [-0.39, 0.29) is 0 Å². The Bertz CT molecular complexity index is 444. The molecule has 0 heterocycles. The third-order valence-electron chi connectivity index (χ3n) is 2.55. The van der Waals surface area contributed by atoms with E-state index < -0.39 is 21.1 Å². The van der Waals surface area contributed by atoms with Gasteiger partial charge < -0.3 is 0 Å². The number of sulfone groups is 1. The Morgan fingerprint density at radius 2 is 1.81 bits per heavy atom. The summed E-state index contributed by atoms with van der Waals surface area (Å²) in [5.74, 6) is 5.39. The highest BCUT2D eigenvalue weighted by Crippen LogP contribution is 2.22. The van der Waals surface area contributed by atoms with Gasteiger partial charge in [-0.3, -0.25) is 11.3 Å². The second-order valence-corrected chi connectivity index (χ2v) is 6.57. The van der Waals surface area contributed by atoms with E-state index in [1.54, 1.807) is 31.2 Å². The lowest BCUT2D eigenvalue weighted by Gasteiger charge is -2.22. The number of benzene rings is 1. The molecule has 0 bridgehead atoms. The molecule has 16 heavy (non-hydrogen) atoms. The molecule has 0 aromatic heterocycles. The van der Waals surface area contributed by atoms with Crippen LogP contribution in [0.5, 0.6) is 0 Å². The number of rotatable bonds is 4. The molecule has 1 rings (SSSR count). The number of hydrazine groups is 1. The minimum Gasteiger partial charge on any atom is -0.271 e. The van der Waals surface area contributed by atoms with Crippen LogP contribution >= 0.6 is 11.6 Å². The van der Waals surface area contributed by atoms with Gasteiger partial charge in [-0.25, -0.2) is 8.42 Å². The van der Waals surface area contributed by atoms with Crippen LogP contribution in [-0.2, 0) is 9.84 Å². The van der Waals surface area contributed by atoms with Crippen molar-refractivity contribution in [2.24, 2.45) is 5.84 Å². The van der Waals surface area contributed by atoms with E-state index in [1.165, 1.54) is 6.26 Å². The third-order valence-corrected chi connectivity index (χ3v) is 4.43. The molecule has 0 amide bonds. The Labute approximate surface area is 101 Å². The summed E-state index contributed by atoms with van der Waals surface area (Å²) in [6, 6.07) is 6.49. The molecule has 0 saturated heterocycles. The van der Waals surface area contributed by atoms with Crippen molar-refractivity contribution in [3.63, 3.8) is 0 Å². The fourth-order valence-corrected chi connectivity index (χ4v) is 2.28. The van der Waals surface area contributed by atoms with Crippen molar-refractivity contribution in [1.82, 2.24) is 5.43 Å². The number of halogens is 1. The van der Waals surface area contributed by atoms with Gasteiger partial charge in [0.2, 0.25) is 0 Å². The lowest BCUT2D eigenvalue weighted by atomic mass is 10.1. The minimum atomic E-state index is -3.15. The van der Waals surface area contributed by atoms with Crippen LogP contribution in [0.25, 0.3) is 0 Å². The van der Waals surface area contributed by atoms with E-state index in [4.69, 9.17) is 17.4 Å². The van der Waals surface area contributed by atoms with Crippen molar-refractivity contribution < 1.29 is 8.42 Å². The summed E-state index contributed by atoms with van der Waals surface area (Å²) < 4.78 is 22.9. The monoisotopic (exact) mass is 262 g/mol. The molecule has 1 aromatic rings. The van der Waals surface area contributed by atoms with E-state index in [9.17, 15) is 8.42 Å². The highest BCUT2D eigenvalue weighted by molar-refractivity contribution is 7.91. The standard InChI is InChI=1S/C10H15ClN2O2S/c1-7(16(2,14)15)10(13-12)8-3-5-9(11)6-4-8/h3-7,10,13H,12H2,1-2H3. The zero-order valence-electron chi connectivity index (χ0n) is 9.14. The van der Waals surface area contributed by atoms with Gasteiger partial charge in [-0.15, -0.1) is 0 Å². The van der Waals surface area contributed by atoms with Crippen LogP contribution in [0, 0.1) is 0 Å². The lowest BCUT2D eigenvalue weighted by Crippen LogP contribution is -2.38. The molecule has 0 aliphatic carbocycles. The lowest BCUT2D eigenvalue weighted by molar-refractivity contribution is 0.513. The molecule has 0 fully saturated rings. The topological polar surface area (TPSA) is 72.2 Å². The molecule has 0 saturated carbocycles. The van der Waals surface area contributed by atoms with Crippen LogP contribution in [0.15, 0.2) is 24.3 Å². The van der Waals surface area contributed by atoms with Crippen LogP contribution in [0.4, 0.5) is 0 Å². The van der Waals surface area contributed by atoms with Crippen molar-refractivity contribution in [2.45, 2.75) is 18.2 Å². The first kappa shape index (κ1) is 13.4. The van der Waals surface area contributed by atoms with Crippen molar-refractivity contribution in [2.75, 3.05) is 6.26 Å². The van der Waals surface area contributed by atoms with Gasteiger partial charge in [0.25, 0.3) is 0 Å². The van der Waals surface area contributed by atoms with Gasteiger partial charge in [0.1, 0.15) is 0 Å². The van der Waals surface area contributed by atoms with Crippen molar-refractivity contribution >= 4 is 21.4 Å². The molecule has 90 valence electrons. The zero-order chi connectivity index (χ0) is 12.3. The summed E-state index contributed by atoms with van der Waals surface area (Å²) in [5.41, 5.74) is 3.32. The maximum atomic E-state index is 11.5. The number of nitrogens with two attached hydrogens (primary N) is 1. The van der Waals surface area contributed by atoms with E-state index >= 15 is 0 Å². The summed E-state index contributed by atoms with van der Waals surface area (Å²) >= 11 is 5.76. The zero-order valence-corrected chi connectivity index (χ0v) is 10.7. The molecule has 0 aliphatic heterocycles. The van der Waals surface area contributed by atoms with Gasteiger partial charge >= 0.3 is 0 Å². The maximum absolute atomic E-state index is 11.5. The molecular weight excluding hydrogens is 248 g/mol. The Balaban J connectivity index is 3.03. The first-order chi connectivity index (χ1) is 7.36. The van der Waals surface area contributed by atoms with Crippen LogP contribution in [-0.4, -0.2) is 19.9 Å². The van der Waals surface area contributed by atoms with Gasteiger partial charge in [0, 0.05) is 11.3 Å². The van der Waals surface area contributed by atoms with Gasteiger partial charge in [0.15, 0.2) is 9.84 Å². The quantitative estimate of drug-likeness (QED) is 0.633. The smallest absolute Gasteiger partial charge is 0.151 e. The first-order valence-electron chi connectivity index (χ1n) is 4.76. The largest absolute Gasteiger partial charge is 0.271 e. The van der Waals surface area contributed by atoms with Gasteiger partial charge in [0.05, 0.1) is 11.3 Å². The summed E-state index contributed by atoms with van der Waals surface area (Å²) in [7, 11) is -3.15. The van der Waals surface area contributed by atoms with Gasteiger partial charge in [-0.1, -0.05) is 23.7 Å². The second kappa shape index (κ2) is 5.14. The van der Waals surface area contributed by atoms with Crippen LogP contribution in [0.1, 0.15) is 18.5 Å². The van der Waals surface area contributed by atoms with Crippen LogP contribution < -0.4 is 11.3 Å². The highest BCUT2D eigenvalue weighted by atomic mass is 35.5. The number of hydrogen-bond donors (Lipinski definition) is 2. The van der Waals surface area contributed by atoms with E-state index in [2.05, 4.69) is 5.43 Å². The molecule has 0 radical (unpaired) electrons. The fourth-order valence-electron chi connectivity index (χ4n) is 1.42. The molecule has 3 N–H and O–H groups in total. The van der Waals surface area contributed by atoms with Crippen LogP contribution in [0.3, 0.4) is 0 Å². The normalized spacial score (nSPS) is 15.8. The predicted octanol–water partition coefficient (Wildman–Crippen LogP) is 1.28. The molecule has 0 aliphatic rings. The van der Waals surface area contributed by atoms with E-state index in [0.29, 0.717) is 5.02 Å². The molecular formula is C10H15ClN2O2S. The molecule has 4 nitrogen and oxygen atoms in total. The Hall–Kier alpha value is -0.620. The summed E-state index contributed by atoms with van der Waals surface area (Å²) in [5, 5.41) is 0.00482. The molecule has 6 heteroatoms. The van der Waals surface area contributed by atoms with Crippen molar-refractivity contribution in [3.05, 3.63) is 34.9 Å². The Morgan fingerprint density at radius 1 is 1.31 bits per heavy atom. The second-order valence-electron chi connectivity index (χ2n) is 3.73. The first-order valence-corrected chi connectivity index (χ1v) is 7.10. The van der Waals surface area contributed by atoms with Gasteiger partial charge in [-0.05, 0) is 24.6 Å². The SMILES string of the molecule is CC(C(NN)c1ccc(Cl)cc1)S(C)(=O)=O. The molecule has 0 spiro atoms. The van der Waals surface area contributed by atoms with E-state index in [0.717, 1.165) is 5.56 Å². The fraction of sp³-hybridized carbons (Fsp3) is 0.400. The Kier molecular flexibility index (Phi) is 4.32. The summed E-state index contributed by atoms with van der Waals surface area (Å²) in [6.45, 7) is 1.62. The average Bonchev–Trinajstić information content (AvgIpc) is 2.20. The maximum Gasteiger partial charge on any atom is 0.151 e. The molecule has 1 aromatic carbocycles. The number of nitrogens with one attached hydrogen (secondary N) is 1. The Morgan fingerprint density at radius 3 is 2.19 bits per heavy atom. The van der Waals surface area contributed by atoms with Crippen molar-refractivity contribution in [1.29, 1.82) is 0 Å². The molecule has 2 unspecified atom stereocenters. The summed E-state index contributed by atoms with van der Waals surface area (Å²) in [4.78, 5) is 0. The highest BCUT2D eigenvalue weighted by Gasteiger charge is 2.26. The summed E-state index contributed by atoms with van der Waals surface area (Å²) in [6.07, 6.45) is 1.19. The average molecular weight is 263 g/mol. The number of hydrogen-bond acceptors (Lipinski definition) is 4. The third kappa shape index (κ3) is 3.18. The van der Waals surface area contributed by atoms with Crippen LogP contribution in [0.2, 0.25) is 5.02 Å². The predicted molar refractivity (Wildman–Crippen MR) is 65.8 cm³/mol.